The van der Waals surface area contributed by atoms with Crippen molar-refractivity contribution in [1.29, 1.82) is 0 Å². The topological polar surface area (TPSA) is 48.8 Å². The normalized spacial score (nSPS) is 43.3. The summed E-state index contributed by atoms with van der Waals surface area (Å²) < 4.78 is 0. The number of hydrogen-bond donors (Lipinski definition) is 2. The third-order valence-corrected chi connectivity index (χ3v) is 2.98. The highest BCUT2D eigenvalue weighted by Crippen LogP contribution is 2.31. The van der Waals surface area contributed by atoms with E-state index in [4.69, 9.17) is 0 Å². The van der Waals surface area contributed by atoms with E-state index in [2.05, 4.69) is 20.6 Å². The third kappa shape index (κ3) is 0.756. The Bertz CT molecular complexity index is 258. The highest BCUT2D eigenvalue weighted by atomic mass is 15.2. The van der Waals surface area contributed by atoms with E-state index in [-0.39, 0.29) is 0 Å². The molecule has 0 aromatic heterocycles. The molecule has 0 amide bonds. The Balaban J connectivity index is 1.97. The molecule has 0 aromatic carbocycles. The maximum Gasteiger partial charge on any atom is 0.111 e. The van der Waals surface area contributed by atoms with Crippen molar-refractivity contribution in [3.05, 3.63) is 0 Å². The van der Waals surface area contributed by atoms with Crippen molar-refractivity contribution in [1.82, 2.24) is 10.6 Å². The molecule has 4 heteroatoms. The Labute approximate surface area is 71.2 Å². The summed E-state index contributed by atoms with van der Waals surface area (Å²) in [6, 6.07) is 0. The summed E-state index contributed by atoms with van der Waals surface area (Å²) >= 11 is 0. The lowest BCUT2D eigenvalue weighted by atomic mass is 9.85. The Morgan fingerprint density at radius 1 is 1.50 bits per heavy atom. The summed E-state index contributed by atoms with van der Waals surface area (Å²) in [4.78, 5) is 8.84. The van der Waals surface area contributed by atoms with Crippen molar-refractivity contribution >= 4 is 12.2 Å². The van der Waals surface area contributed by atoms with Crippen LogP contribution in [-0.2, 0) is 0 Å². The highest BCUT2D eigenvalue weighted by molar-refractivity contribution is 5.97. The van der Waals surface area contributed by atoms with Gasteiger partial charge in [-0.3, -0.25) is 15.3 Å². The molecule has 3 atom stereocenters. The minimum atomic E-state index is 0.297. The molecule has 12 heavy (non-hydrogen) atoms. The van der Waals surface area contributed by atoms with Crippen LogP contribution in [0.3, 0.4) is 0 Å². The van der Waals surface area contributed by atoms with Gasteiger partial charge >= 0.3 is 0 Å². The van der Waals surface area contributed by atoms with E-state index >= 15 is 0 Å². The standard InChI is InChI=1S/C8H12N4/c1-2-9-7-6-5(1)3-10-8(6)12-4-11-7/h4-7,9H,1-3H2,(H,10,11,12)/t5-,6?,7?/m0/s1. The van der Waals surface area contributed by atoms with Crippen molar-refractivity contribution in [2.24, 2.45) is 21.8 Å². The molecular weight excluding hydrogens is 152 g/mol. The Kier molecular flexibility index (Phi) is 1.26. The zero-order chi connectivity index (χ0) is 7.97. The molecule has 0 spiro atoms. The second-order valence-electron chi connectivity index (χ2n) is 3.62. The molecule has 1 fully saturated rings. The fourth-order valence-electron chi connectivity index (χ4n) is 2.35. The van der Waals surface area contributed by atoms with Gasteiger partial charge in [0.1, 0.15) is 12.0 Å². The van der Waals surface area contributed by atoms with Crippen LogP contribution < -0.4 is 10.6 Å². The molecule has 0 saturated carbocycles. The first-order chi connectivity index (χ1) is 5.95. The minimum absolute atomic E-state index is 0.297. The molecule has 0 bridgehead atoms. The largest absolute Gasteiger partial charge is 0.335 e. The van der Waals surface area contributed by atoms with Crippen LogP contribution >= 0.6 is 0 Å². The third-order valence-electron chi connectivity index (χ3n) is 2.98. The number of nitrogens with zero attached hydrogens (tertiary/aromatic N) is 2. The van der Waals surface area contributed by atoms with Gasteiger partial charge in [0.05, 0.1) is 12.3 Å². The number of aliphatic imine (C=N–C) groups is 2. The molecule has 3 rings (SSSR count). The second kappa shape index (κ2) is 2.29. The van der Waals surface area contributed by atoms with Gasteiger partial charge in [-0.1, -0.05) is 0 Å². The maximum atomic E-state index is 4.47. The summed E-state index contributed by atoms with van der Waals surface area (Å²) in [7, 11) is 0. The van der Waals surface area contributed by atoms with E-state index in [1.807, 2.05) is 0 Å². The first-order valence-electron chi connectivity index (χ1n) is 4.51. The molecule has 2 unspecified atom stereocenters. The monoisotopic (exact) mass is 164 g/mol. The van der Waals surface area contributed by atoms with E-state index in [9.17, 15) is 0 Å². The first kappa shape index (κ1) is 6.60. The van der Waals surface area contributed by atoms with Crippen LogP contribution in [0.4, 0.5) is 0 Å². The van der Waals surface area contributed by atoms with Crippen LogP contribution in [0.25, 0.3) is 0 Å². The van der Waals surface area contributed by atoms with Crippen LogP contribution in [0.5, 0.6) is 0 Å². The lowest BCUT2D eigenvalue weighted by Gasteiger charge is -2.34. The second-order valence-corrected chi connectivity index (χ2v) is 3.62. The fraction of sp³-hybridized carbons (Fsp3) is 0.750. The number of rotatable bonds is 0. The maximum absolute atomic E-state index is 4.47. The molecule has 0 aromatic rings. The van der Waals surface area contributed by atoms with Gasteiger partial charge in [-0.2, -0.15) is 0 Å². The van der Waals surface area contributed by atoms with Crippen LogP contribution in [0.1, 0.15) is 6.42 Å². The molecule has 2 N–H and O–H groups in total. The Morgan fingerprint density at radius 2 is 2.50 bits per heavy atom. The Hall–Kier alpha value is -0.900. The van der Waals surface area contributed by atoms with E-state index in [0.29, 0.717) is 12.1 Å². The summed E-state index contributed by atoms with van der Waals surface area (Å²) in [6.45, 7) is 2.08. The van der Waals surface area contributed by atoms with Gasteiger partial charge in [-0.25, -0.2) is 0 Å². The summed E-state index contributed by atoms with van der Waals surface area (Å²) in [5, 5.41) is 6.53. The van der Waals surface area contributed by atoms with E-state index in [1.54, 1.807) is 6.34 Å². The predicted octanol–water partition coefficient (Wildman–Crippen LogP) is -0.418. The SMILES string of the molecule is C1=NC2NCC[C@H]3CN=C(N1)C23. The lowest BCUT2D eigenvalue weighted by molar-refractivity contribution is 0.270. The van der Waals surface area contributed by atoms with Gasteiger partial charge in [0.2, 0.25) is 0 Å². The van der Waals surface area contributed by atoms with Gasteiger partial charge in [0.15, 0.2) is 0 Å². The number of piperidine rings is 1. The van der Waals surface area contributed by atoms with Crippen LogP contribution in [0.2, 0.25) is 0 Å². The smallest absolute Gasteiger partial charge is 0.111 e. The number of nitrogens with one attached hydrogen (secondary N) is 2. The van der Waals surface area contributed by atoms with Crippen molar-refractivity contribution in [3.63, 3.8) is 0 Å². The molecule has 4 nitrogen and oxygen atoms in total. The summed E-state index contributed by atoms with van der Waals surface area (Å²) in [5.74, 6) is 2.41. The van der Waals surface area contributed by atoms with Gasteiger partial charge in [0.25, 0.3) is 0 Å². The predicted molar refractivity (Wildman–Crippen MR) is 47.3 cm³/mol. The van der Waals surface area contributed by atoms with Crippen molar-refractivity contribution < 1.29 is 0 Å². The minimum Gasteiger partial charge on any atom is -0.335 e. The van der Waals surface area contributed by atoms with Crippen molar-refractivity contribution in [2.45, 2.75) is 12.6 Å². The van der Waals surface area contributed by atoms with E-state index < -0.39 is 0 Å². The molecule has 3 aliphatic rings. The molecule has 0 radical (unpaired) electrons. The van der Waals surface area contributed by atoms with Crippen LogP contribution in [0, 0.1) is 11.8 Å². The van der Waals surface area contributed by atoms with Crippen molar-refractivity contribution in [3.8, 4) is 0 Å². The zero-order valence-corrected chi connectivity index (χ0v) is 6.83. The average Bonchev–Trinajstić information content (AvgIpc) is 2.52. The zero-order valence-electron chi connectivity index (χ0n) is 6.83. The van der Waals surface area contributed by atoms with Gasteiger partial charge < -0.3 is 5.32 Å². The van der Waals surface area contributed by atoms with Gasteiger partial charge in [-0.05, 0) is 18.9 Å². The first-order valence-corrected chi connectivity index (χ1v) is 4.51. The number of hydrogen-bond acceptors (Lipinski definition) is 4. The molecule has 3 heterocycles. The van der Waals surface area contributed by atoms with Gasteiger partial charge in [0, 0.05) is 6.54 Å². The molecule has 64 valence electrons. The molecular formula is C8H12N4. The molecule has 3 aliphatic heterocycles. The van der Waals surface area contributed by atoms with Crippen LogP contribution in [-0.4, -0.2) is 31.4 Å². The van der Waals surface area contributed by atoms with E-state index in [1.165, 1.54) is 6.42 Å². The lowest BCUT2D eigenvalue weighted by Crippen LogP contribution is -2.52. The molecule has 0 aliphatic carbocycles. The summed E-state index contributed by atoms with van der Waals surface area (Å²) in [5.41, 5.74) is 0. The quantitative estimate of drug-likeness (QED) is 0.511. The van der Waals surface area contributed by atoms with Crippen molar-refractivity contribution in [2.75, 3.05) is 13.1 Å². The van der Waals surface area contributed by atoms with E-state index in [0.717, 1.165) is 24.8 Å². The summed E-state index contributed by atoms with van der Waals surface area (Å²) in [6.07, 6.45) is 3.30. The fourth-order valence-corrected chi connectivity index (χ4v) is 2.35. The van der Waals surface area contributed by atoms with Gasteiger partial charge in [-0.15, -0.1) is 0 Å². The Morgan fingerprint density at radius 3 is 3.50 bits per heavy atom. The highest BCUT2D eigenvalue weighted by Gasteiger charge is 2.41. The van der Waals surface area contributed by atoms with Crippen LogP contribution in [0.15, 0.2) is 9.98 Å². The number of amidine groups is 1. The molecule has 1 saturated heterocycles. The average molecular weight is 164 g/mol.